The van der Waals surface area contributed by atoms with Crippen molar-refractivity contribution >= 4 is 11.0 Å². The largest absolute Gasteiger partial charge is 0.246 e. The molecule has 2 heterocycles. The number of fused-ring (bicyclic) bond motifs is 1. The molecule has 2 heteroatoms. The second-order valence-corrected chi connectivity index (χ2v) is 3.49. The minimum atomic E-state index is 0.490. The van der Waals surface area contributed by atoms with E-state index in [1.54, 1.807) is 0 Å². The van der Waals surface area contributed by atoms with E-state index < -0.39 is 0 Å². The van der Waals surface area contributed by atoms with Gasteiger partial charge in [0.1, 0.15) is 5.52 Å². The van der Waals surface area contributed by atoms with Gasteiger partial charge in [-0.05, 0) is 18.1 Å². The van der Waals surface area contributed by atoms with Crippen LogP contribution < -0.4 is 4.98 Å². The summed E-state index contributed by atoms with van der Waals surface area (Å²) in [4.78, 5) is 7.70. The molecule has 2 aromatic rings. The van der Waals surface area contributed by atoms with Crippen LogP contribution in [0.4, 0.5) is 0 Å². The lowest BCUT2D eigenvalue weighted by molar-refractivity contribution is -0.344. The smallest absolute Gasteiger partial charge is 0.229 e. The van der Waals surface area contributed by atoms with Gasteiger partial charge < -0.3 is 0 Å². The Morgan fingerprint density at radius 2 is 2.08 bits per heavy atom. The minimum absolute atomic E-state index is 0.490. The maximum absolute atomic E-state index is 4.54. The first-order valence-corrected chi connectivity index (χ1v) is 4.55. The van der Waals surface area contributed by atoms with Crippen LogP contribution in [0.2, 0.25) is 0 Å². The molecule has 0 aliphatic carbocycles. The average molecular weight is 173 g/mol. The van der Waals surface area contributed by atoms with Gasteiger partial charge in [-0.3, -0.25) is 0 Å². The van der Waals surface area contributed by atoms with E-state index in [9.17, 15) is 0 Å². The summed E-state index contributed by atoms with van der Waals surface area (Å²) in [7, 11) is 0. The van der Waals surface area contributed by atoms with Crippen LogP contribution in [0.15, 0.2) is 30.5 Å². The van der Waals surface area contributed by atoms with Gasteiger partial charge in [0.2, 0.25) is 5.52 Å². The van der Waals surface area contributed by atoms with Gasteiger partial charge >= 0.3 is 0 Å². The third-order valence-electron chi connectivity index (χ3n) is 2.13. The summed E-state index contributed by atoms with van der Waals surface area (Å²) in [5.41, 5.74) is 3.27. The first-order chi connectivity index (χ1) is 6.27. The maximum Gasteiger partial charge on any atom is 0.229 e. The van der Waals surface area contributed by atoms with E-state index in [0.717, 1.165) is 16.7 Å². The van der Waals surface area contributed by atoms with Crippen LogP contribution in [0.5, 0.6) is 0 Å². The van der Waals surface area contributed by atoms with Gasteiger partial charge in [0.25, 0.3) is 0 Å². The van der Waals surface area contributed by atoms with E-state index in [4.69, 9.17) is 0 Å². The van der Waals surface area contributed by atoms with Gasteiger partial charge in [-0.1, -0.05) is 13.8 Å². The summed E-state index contributed by atoms with van der Waals surface area (Å²) >= 11 is 0. The molecule has 0 saturated heterocycles. The zero-order valence-electron chi connectivity index (χ0n) is 7.91. The summed E-state index contributed by atoms with van der Waals surface area (Å²) in [5.74, 6) is 0.490. The summed E-state index contributed by atoms with van der Waals surface area (Å²) in [6.07, 6.45) is 1.92. The van der Waals surface area contributed by atoms with Gasteiger partial charge in [-0.15, -0.1) is 0 Å². The molecule has 0 aliphatic rings. The van der Waals surface area contributed by atoms with Gasteiger partial charge in [0, 0.05) is 17.8 Å². The van der Waals surface area contributed by atoms with E-state index >= 15 is 0 Å². The molecule has 0 amide bonds. The fourth-order valence-corrected chi connectivity index (χ4v) is 1.34. The number of H-pyrrole nitrogens is 1. The van der Waals surface area contributed by atoms with Crippen molar-refractivity contribution in [2.24, 2.45) is 0 Å². The Morgan fingerprint density at radius 1 is 1.23 bits per heavy atom. The third-order valence-corrected chi connectivity index (χ3v) is 2.13. The zero-order valence-corrected chi connectivity index (χ0v) is 7.91. The lowest BCUT2D eigenvalue weighted by atomic mass is 10.1. The molecule has 0 fully saturated rings. The first kappa shape index (κ1) is 8.17. The Balaban J connectivity index is 2.62. The number of hydrogen-bond acceptors (Lipinski definition) is 1. The van der Waals surface area contributed by atoms with Crippen LogP contribution in [0.3, 0.4) is 0 Å². The summed E-state index contributed by atoms with van der Waals surface area (Å²) in [6.45, 7) is 4.31. The fourth-order valence-electron chi connectivity index (χ4n) is 1.34. The number of aromatic amines is 1. The molecule has 0 aromatic carbocycles. The van der Waals surface area contributed by atoms with Gasteiger partial charge in [0.15, 0.2) is 6.20 Å². The molecule has 13 heavy (non-hydrogen) atoms. The van der Waals surface area contributed by atoms with Crippen molar-refractivity contribution in [1.29, 1.82) is 0 Å². The van der Waals surface area contributed by atoms with Crippen LogP contribution in [0.25, 0.3) is 11.0 Å². The number of aromatic nitrogens is 2. The molecule has 0 atom stereocenters. The van der Waals surface area contributed by atoms with E-state index in [1.165, 1.54) is 0 Å². The van der Waals surface area contributed by atoms with Gasteiger partial charge in [-0.25, -0.2) is 9.97 Å². The maximum atomic E-state index is 4.54. The van der Waals surface area contributed by atoms with Crippen LogP contribution in [-0.4, -0.2) is 4.98 Å². The van der Waals surface area contributed by atoms with E-state index in [0.29, 0.717) is 5.92 Å². The summed E-state index contributed by atoms with van der Waals surface area (Å²) in [5, 5.41) is 0. The number of rotatable bonds is 1. The molecule has 66 valence electrons. The van der Waals surface area contributed by atoms with Crippen LogP contribution in [-0.2, 0) is 0 Å². The quantitative estimate of drug-likeness (QED) is 0.649. The van der Waals surface area contributed by atoms with E-state index in [1.807, 2.05) is 18.3 Å². The highest BCUT2D eigenvalue weighted by atomic mass is 14.8. The molecule has 2 aromatic heterocycles. The Morgan fingerprint density at radius 3 is 2.85 bits per heavy atom. The minimum Gasteiger partial charge on any atom is -0.246 e. The molecule has 2 nitrogen and oxygen atoms in total. The summed E-state index contributed by atoms with van der Waals surface area (Å²) in [6, 6.07) is 8.15. The van der Waals surface area contributed by atoms with Crippen molar-refractivity contribution in [2.75, 3.05) is 0 Å². The lowest BCUT2D eigenvalue weighted by Gasteiger charge is -2.02. The normalized spacial score (nSPS) is 11.0. The number of pyridine rings is 2. The predicted molar refractivity (Wildman–Crippen MR) is 52.4 cm³/mol. The molecule has 0 radical (unpaired) electrons. The molecule has 2 rings (SSSR count). The Labute approximate surface area is 77.6 Å². The highest BCUT2D eigenvalue weighted by Crippen LogP contribution is 2.14. The fraction of sp³-hybridized carbons (Fsp3) is 0.273. The highest BCUT2D eigenvalue weighted by molar-refractivity contribution is 5.70. The zero-order chi connectivity index (χ0) is 9.26. The van der Waals surface area contributed by atoms with E-state index in [-0.39, 0.29) is 0 Å². The number of hydrogen-bond donors (Lipinski definition) is 0. The molecule has 0 bridgehead atoms. The third kappa shape index (κ3) is 1.52. The van der Waals surface area contributed by atoms with Crippen LogP contribution >= 0.6 is 0 Å². The van der Waals surface area contributed by atoms with Crippen molar-refractivity contribution in [2.45, 2.75) is 19.8 Å². The van der Waals surface area contributed by atoms with Crippen molar-refractivity contribution in [3.05, 3.63) is 36.2 Å². The molecular weight excluding hydrogens is 160 g/mol. The number of nitrogens with one attached hydrogen (secondary N) is 1. The van der Waals surface area contributed by atoms with Crippen LogP contribution in [0.1, 0.15) is 25.5 Å². The Bertz CT molecular complexity index is 421. The standard InChI is InChI=1S/C11H12N2/c1-8(2)9-5-6-10-11(13-9)4-3-7-12-10/h3-8H,1-2H3/p+1. The molecule has 0 unspecified atom stereocenters. The second kappa shape index (κ2) is 3.13. The van der Waals surface area contributed by atoms with Crippen molar-refractivity contribution in [3.8, 4) is 0 Å². The van der Waals surface area contributed by atoms with Crippen molar-refractivity contribution in [1.82, 2.24) is 4.98 Å². The first-order valence-electron chi connectivity index (χ1n) is 4.55. The van der Waals surface area contributed by atoms with Crippen molar-refractivity contribution < 1.29 is 4.98 Å². The van der Waals surface area contributed by atoms with Crippen molar-refractivity contribution in [3.63, 3.8) is 0 Å². The Hall–Kier alpha value is -1.44. The molecule has 0 aliphatic heterocycles. The van der Waals surface area contributed by atoms with Gasteiger partial charge in [0.05, 0.1) is 0 Å². The predicted octanol–water partition coefficient (Wildman–Crippen LogP) is 2.17. The monoisotopic (exact) mass is 173 g/mol. The molecule has 0 saturated carbocycles. The Kier molecular flexibility index (Phi) is 1.97. The van der Waals surface area contributed by atoms with E-state index in [2.05, 4.69) is 35.9 Å². The average Bonchev–Trinajstić information content (AvgIpc) is 2.17. The van der Waals surface area contributed by atoms with Crippen LogP contribution in [0, 0.1) is 0 Å². The SMILES string of the molecule is CC(C)c1ccc2[nH+]cccc2n1. The summed E-state index contributed by atoms with van der Waals surface area (Å²) < 4.78 is 0. The molecule has 0 spiro atoms. The molecule has 1 N–H and O–H groups in total. The van der Waals surface area contributed by atoms with Gasteiger partial charge in [-0.2, -0.15) is 0 Å². The second-order valence-electron chi connectivity index (χ2n) is 3.49. The highest BCUT2D eigenvalue weighted by Gasteiger charge is 2.04. The number of nitrogens with zero attached hydrogens (tertiary/aromatic N) is 1. The lowest BCUT2D eigenvalue weighted by Crippen LogP contribution is -2.03. The topological polar surface area (TPSA) is 27.0 Å². The molecular formula is C11H13N2+.